The Morgan fingerprint density at radius 2 is 1.74 bits per heavy atom. The number of nitrogens with zero attached hydrogens (tertiary/aromatic N) is 2. The van der Waals surface area contributed by atoms with Crippen molar-refractivity contribution in [2.45, 2.75) is 25.4 Å². The van der Waals surface area contributed by atoms with Gasteiger partial charge in [-0.1, -0.05) is 41.4 Å². The third-order valence-electron chi connectivity index (χ3n) is 5.17. The van der Waals surface area contributed by atoms with E-state index >= 15 is 0 Å². The molecule has 27 heavy (non-hydrogen) atoms. The molecule has 2 aliphatic heterocycles. The van der Waals surface area contributed by atoms with E-state index in [0.29, 0.717) is 42.2 Å². The number of piperidine rings is 1. The van der Waals surface area contributed by atoms with Crippen molar-refractivity contribution < 1.29 is 9.59 Å². The first-order valence-corrected chi connectivity index (χ1v) is 9.36. The number of benzene rings is 2. The molecule has 2 aliphatic rings. The summed E-state index contributed by atoms with van der Waals surface area (Å²) < 4.78 is 0. The summed E-state index contributed by atoms with van der Waals surface area (Å²) in [4.78, 5) is 27.0. The maximum absolute atomic E-state index is 12.7. The summed E-state index contributed by atoms with van der Waals surface area (Å²) in [5.41, 5.74) is 5.15. The molecule has 2 N–H and O–H groups in total. The number of urea groups is 1. The molecule has 0 radical (unpaired) electrons. The normalized spacial score (nSPS) is 18.7. The van der Waals surface area contributed by atoms with Gasteiger partial charge in [0.15, 0.2) is 0 Å². The van der Waals surface area contributed by atoms with Crippen LogP contribution in [0.5, 0.6) is 0 Å². The summed E-state index contributed by atoms with van der Waals surface area (Å²) in [5.74, 6) is 0.0251. The van der Waals surface area contributed by atoms with Gasteiger partial charge >= 0.3 is 6.03 Å². The lowest BCUT2D eigenvalue weighted by Gasteiger charge is -2.38. The highest BCUT2D eigenvalue weighted by molar-refractivity contribution is 6.33. The highest BCUT2D eigenvalue weighted by atomic mass is 35.5. The van der Waals surface area contributed by atoms with Gasteiger partial charge in [0.25, 0.3) is 5.91 Å². The summed E-state index contributed by atoms with van der Waals surface area (Å²) in [6, 6.07) is 14.6. The Kier molecular flexibility index (Phi) is 4.53. The van der Waals surface area contributed by atoms with Gasteiger partial charge in [-0.05, 0) is 31.2 Å². The molecule has 3 amide bonds. The van der Waals surface area contributed by atoms with Crippen LogP contribution >= 0.6 is 11.6 Å². The fraction of sp³-hybridized carbons (Fsp3) is 0.300. The van der Waals surface area contributed by atoms with Crippen LogP contribution in [-0.2, 0) is 0 Å². The Hall–Kier alpha value is -2.57. The van der Waals surface area contributed by atoms with Gasteiger partial charge in [-0.25, -0.2) is 15.2 Å². The minimum Gasteiger partial charge on any atom is -0.338 e. The smallest absolute Gasteiger partial charge is 0.338 e. The zero-order chi connectivity index (χ0) is 19.0. The molecule has 2 saturated heterocycles. The van der Waals surface area contributed by atoms with Crippen LogP contribution in [0, 0.1) is 6.92 Å². The average molecular weight is 385 g/mol. The summed E-state index contributed by atoms with van der Waals surface area (Å²) in [6.45, 7) is 3.13. The topological polar surface area (TPSA) is 64.7 Å². The standard InChI is InChI=1S/C20H21ClN4O2/c1-14-6-8-15(9-7-14)18(26)24-12-10-20(11-13-24)22-19(27)25(23-20)17-5-3-2-4-16(17)21/h2-9,23H,10-13H2,1H3,(H,22,27). The van der Waals surface area contributed by atoms with E-state index in [1.165, 1.54) is 5.01 Å². The Bertz CT molecular complexity index is 876. The monoisotopic (exact) mass is 384 g/mol. The van der Waals surface area contributed by atoms with E-state index in [1.54, 1.807) is 12.1 Å². The molecule has 2 aromatic carbocycles. The van der Waals surface area contributed by atoms with Crippen molar-refractivity contribution in [3.63, 3.8) is 0 Å². The fourth-order valence-electron chi connectivity index (χ4n) is 3.56. The third kappa shape index (κ3) is 3.38. The maximum atomic E-state index is 12.7. The minimum absolute atomic E-state index is 0.0251. The van der Waals surface area contributed by atoms with Gasteiger partial charge in [0.1, 0.15) is 5.66 Å². The van der Waals surface area contributed by atoms with E-state index in [0.717, 1.165) is 5.56 Å². The number of halogens is 1. The predicted octanol–water partition coefficient (Wildman–Crippen LogP) is 3.32. The molecule has 2 aromatic rings. The van der Waals surface area contributed by atoms with E-state index in [2.05, 4.69) is 10.7 Å². The lowest BCUT2D eigenvalue weighted by Crippen LogP contribution is -2.58. The van der Waals surface area contributed by atoms with Gasteiger partial charge in [0, 0.05) is 31.5 Å². The maximum Gasteiger partial charge on any atom is 0.338 e. The Morgan fingerprint density at radius 1 is 1.07 bits per heavy atom. The van der Waals surface area contributed by atoms with Gasteiger partial charge in [0.2, 0.25) is 0 Å². The van der Waals surface area contributed by atoms with Crippen molar-refractivity contribution in [3.8, 4) is 0 Å². The first-order chi connectivity index (χ1) is 13.0. The van der Waals surface area contributed by atoms with Crippen LogP contribution in [0.2, 0.25) is 5.02 Å². The zero-order valence-corrected chi connectivity index (χ0v) is 15.8. The largest absolute Gasteiger partial charge is 0.338 e. The molecule has 0 bridgehead atoms. The molecular formula is C20H21ClN4O2. The highest BCUT2D eigenvalue weighted by Gasteiger charge is 2.45. The van der Waals surface area contributed by atoms with Gasteiger partial charge in [-0.15, -0.1) is 0 Å². The lowest BCUT2D eigenvalue weighted by molar-refractivity contribution is 0.0641. The van der Waals surface area contributed by atoms with Crippen molar-refractivity contribution in [3.05, 3.63) is 64.7 Å². The number of hydrazine groups is 1. The number of hydrogen-bond donors (Lipinski definition) is 2. The van der Waals surface area contributed by atoms with Crippen molar-refractivity contribution >= 4 is 29.2 Å². The molecule has 1 spiro atoms. The third-order valence-corrected chi connectivity index (χ3v) is 5.49. The number of carbonyl (C=O) groups is 2. The minimum atomic E-state index is -0.555. The molecule has 0 saturated carbocycles. The van der Waals surface area contributed by atoms with Gasteiger partial charge in [-0.3, -0.25) is 4.79 Å². The molecule has 6 nitrogen and oxygen atoms in total. The SMILES string of the molecule is Cc1ccc(C(=O)N2CCC3(CC2)NC(=O)N(c2ccccc2Cl)N3)cc1. The number of hydrogen-bond acceptors (Lipinski definition) is 3. The van der Waals surface area contributed by atoms with Gasteiger partial charge < -0.3 is 10.2 Å². The molecule has 0 unspecified atom stereocenters. The molecule has 4 rings (SSSR count). The van der Waals surface area contributed by atoms with E-state index < -0.39 is 5.66 Å². The van der Waals surface area contributed by atoms with Crippen molar-refractivity contribution in [2.75, 3.05) is 18.1 Å². The summed E-state index contributed by atoms with van der Waals surface area (Å²) in [6.07, 6.45) is 1.24. The van der Waals surface area contributed by atoms with Gasteiger partial charge in [-0.2, -0.15) is 0 Å². The number of carbonyl (C=O) groups excluding carboxylic acids is 2. The predicted molar refractivity (Wildman–Crippen MR) is 105 cm³/mol. The van der Waals surface area contributed by atoms with Crippen LogP contribution in [0.3, 0.4) is 0 Å². The van der Waals surface area contributed by atoms with E-state index in [4.69, 9.17) is 11.6 Å². The molecule has 140 valence electrons. The van der Waals surface area contributed by atoms with Crippen LogP contribution in [0.15, 0.2) is 48.5 Å². The Balaban J connectivity index is 1.44. The number of likely N-dealkylation sites (tertiary alicyclic amines) is 1. The van der Waals surface area contributed by atoms with Crippen molar-refractivity contribution in [1.82, 2.24) is 15.6 Å². The van der Waals surface area contributed by atoms with Crippen LogP contribution in [-0.4, -0.2) is 35.6 Å². The number of aryl methyl sites for hydroxylation is 1. The average Bonchev–Trinajstić information content (AvgIpc) is 2.98. The molecular weight excluding hydrogens is 364 g/mol. The second-order valence-corrected chi connectivity index (χ2v) is 7.48. The molecule has 0 atom stereocenters. The molecule has 7 heteroatoms. The number of nitrogens with one attached hydrogen (secondary N) is 2. The molecule has 2 fully saturated rings. The van der Waals surface area contributed by atoms with Crippen molar-refractivity contribution in [1.29, 1.82) is 0 Å². The second kappa shape index (κ2) is 6.87. The molecule has 0 aromatic heterocycles. The quantitative estimate of drug-likeness (QED) is 0.834. The fourth-order valence-corrected chi connectivity index (χ4v) is 3.78. The van der Waals surface area contributed by atoms with Crippen LogP contribution in [0.1, 0.15) is 28.8 Å². The van der Waals surface area contributed by atoms with Crippen LogP contribution in [0.4, 0.5) is 10.5 Å². The lowest BCUT2D eigenvalue weighted by atomic mass is 9.97. The summed E-state index contributed by atoms with van der Waals surface area (Å²) >= 11 is 6.23. The molecule has 0 aliphatic carbocycles. The van der Waals surface area contributed by atoms with E-state index in [9.17, 15) is 9.59 Å². The Labute approximate surface area is 163 Å². The first kappa shape index (κ1) is 17.8. The van der Waals surface area contributed by atoms with Gasteiger partial charge in [0.05, 0.1) is 10.7 Å². The number of anilines is 1. The second-order valence-electron chi connectivity index (χ2n) is 7.07. The number of para-hydroxylation sites is 1. The first-order valence-electron chi connectivity index (χ1n) is 8.98. The number of rotatable bonds is 2. The Morgan fingerprint density at radius 3 is 2.41 bits per heavy atom. The van der Waals surface area contributed by atoms with E-state index in [1.807, 2.05) is 48.2 Å². The molecule has 2 heterocycles. The summed E-state index contributed by atoms with van der Waals surface area (Å²) in [7, 11) is 0. The van der Waals surface area contributed by atoms with Crippen molar-refractivity contribution in [2.24, 2.45) is 0 Å². The van der Waals surface area contributed by atoms with Crippen LogP contribution in [0.25, 0.3) is 0 Å². The number of amides is 3. The summed E-state index contributed by atoms with van der Waals surface area (Å²) in [5, 5.41) is 4.99. The van der Waals surface area contributed by atoms with Crippen LogP contribution < -0.4 is 15.8 Å². The zero-order valence-electron chi connectivity index (χ0n) is 15.0. The van der Waals surface area contributed by atoms with E-state index in [-0.39, 0.29) is 11.9 Å². The highest BCUT2D eigenvalue weighted by Crippen LogP contribution is 2.31.